The lowest BCUT2D eigenvalue weighted by atomic mass is 9.84. The maximum atomic E-state index is 12.3. The van der Waals surface area contributed by atoms with Gasteiger partial charge in [-0.2, -0.15) is 5.06 Å². The van der Waals surface area contributed by atoms with Crippen LogP contribution in [0.5, 0.6) is 0 Å². The van der Waals surface area contributed by atoms with Gasteiger partial charge in [0.05, 0.1) is 11.1 Å². The number of hydroxylamine groups is 1. The molecule has 1 aromatic carbocycles. The highest BCUT2D eigenvalue weighted by Gasteiger charge is 2.46. The summed E-state index contributed by atoms with van der Waals surface area (Å²) in [4.78, 5) is 17.6. The lowest BCUT2D eigenvalue weighted by Gasteiger charge is -2.19. The smallest absolute Gasteiger partial charge is 0.265 e. The molecule has 0 aromatic heterocycles. The molecule has 0 saturated carbocycles. The predicted octanol–water partition coefficient (Wildman–Crippen LogP) is 2.01. The van der Waals surface area contributed by atoms with Crippen molar-refractivity contribution >= 4 is 11.6 Å². The van der Waals surface area contributed by atoms with Crippen molar-refractivity contribution in [2.75, 3.05) is 19.0 Å². The maximum absolute atomic E-state index is 12.3. The number of carbonyl (C=O) groups is 1. The monoisotopic (exact) mass is 233 g/mol. The van der Waals surface area contributed by atoms with E-state index < -0.39 is 5.41 Å². The molecular weight excluding hydrogens is 218 g/mol. The first kappa shape index (κ1) is 11.8. The number of anilines is 1. The molecule has 0 spiro atoms. The van der Waals surface area contributed by atoms with Gasteiger partial charge >= 0.3 is 0 Å². The highest BCUT2D eigenvalue weighted by molar-refractivity contribution is 6.07. The molecule has 0 saturated heterocycles. The number of benzene rings is 1. The van der Waals surface area contributed by atoms with E-state index in [9.17, 15) is 4.79 Å². The minimum absolute atomic E-state index is 0.0350. The van der Waals surface area contributed by atoms with Crippen molar-refractivity contribution in [1.82, 2.24) is 0 Å². The van der Waals surface area contributed by atoms with Crippen LogP contribution < -0.4 is 5.06 Å². The van der Waals surface area contributed by atoms with E-state index in [1.807, 2.05) is 31.2 Å². The normalized spacial score (nSPS) is 22.7. The van der Waals surface area contributed by atoms with E-state index in [-0.39, 0.29) is 12.7 Å². The van der Waals surface area contributed by atoms with E-state index in [4.69, 9.17) is 9.57 Å². The van der Waals surface area contributed by atoms with Crippen LogP contribution >= 0.6 is 0 Å². The third kappa shape index (κ3) is 1.66. The van der Waals surface area contributed by atoms with Crippen LogP contribution in [0.15, 0.2) is 36.9 Å². The topological polar surface area (TPSA) is 38.8 Å². The number of rotatable bonds is 4. The summed E-state index contributed by atoms with van der Waals surface area (Å²) >= 11 is 0. The van der Waals surface area contributed by atoms with Crippen LogP contribution in [-0.4, -0.2) is 19.8 Å². The van der Waals surface area contributed by atoms with Gasteiger partial charge in [0.2, 0.25) is 0 Å². The average Bonchev–Trinajstić information content (AvgIpc) is 2.58. The zero-order valence-electron chi connectivity index (χ0n) is 9.97. The largest absolute Gasteiger partial charge is 0.356 e. The predicted molar refractivity (Wildman–Crippen MR) is 64.4 cm³/mol. The second-order valence-corrected chi connectivity index (χ2v) is 4.06. The summed E-state index contributed by atoms with van der Waals surface area (Å²) in [5.74, 6) is -0.147. The fourth-order valence-electron chi connectivity index (χ4n) is 1.96. The van der Waals surface area contributed by atoms with Gasteiger partial charge in [0, 0.05) is 7.11 Å². The molecule has 1 heterocycles. The van der Waals surface area contributed by atoms with Gasteiger partial charge in [-0.05, 0) is 18.6 Å². The Morgan fingerprint density at radius 3 is 2.82 bits per heavy atom. The quantitative estimate of drug-likeness (QED) is 0.590. The summed E-state index contributed by atoms with van der Waals surface area (Å²) in [5.41, 5.74) is 0.915. The van der Waals surface area contributed by atoms with Crippen molar-refractivity contribution in [1.29, 1.82) is 0 Å². The average molecular weight is 233 g/mol. The van der Waals surface area contributed by atoms with Gasteiger partial charge in [-0.3, -0.25) is 4.79 Å². The van der Waals surface area contributed by atoms with Crippen LogP contribution in [0.2, 0.25) is 0 Å². The van der Waals surface area contributed by atoms with Gasteiger partial charge in [-0.1, -0.05) is 24.3 Å². The molecule has 0 aliphatic carbocycles. The zero-order chi connectivity index (χ0) is 12.5. The molecule has 17 heavy (non-hydrogen) atoms. The van der Waals surface area contributed by atoms with Crippen LogP contribution in [0.25, 0.3) is 0 Å². The molecule has 1 atom stereocenters. The number of para-hydroxylation sites is 1. The molecule has 1 aliphatic rings. The third-order valence-corrected chi connectivity index (χ3v) is 3.02. The molecule has 2 rings (SSSR count). The third-order valence-electron chi connectivity index (χ3n) is 3.02. The fourth-order valence-corrected chi connectivity index (χ4v) is 1.96. The van der Waals surface area contributed by atoms with Gasteiger partial charge in [0.15, 0.2) is 6.79 Å². The summed E-state index contributed by atoms with van der Waals surface area (Å²) in [6, 6.07) is 7.51. The van der Waals surface area contributed by atoms with Crippen LogP contribution in [0.4, 0.5) is 5.69 Å². The Labute approximate surface area is 100 Å². The molecule has 90 valence electrons. The van der Waals surface area contributed by atoms with Gasteiger partial charge in [0.1, 0.15) is 0 Å². The minimum Gasteiger partial charge on any atom is -0.356 e. The van der Waals surface area contributed by atoms with E-state index in [0.717, 1.165) is 11.3 Å². The van der Waals surface area contributed by atoms with Crippen molar-refractivity contribution < 1.29 is 14.4 Å². The van der Waals surface area contributed by atoms with Crippen LogP contribution in [0, 0.1) is 0 Å². The molecule has 0 N–H and O–H groups in total. The van der Waals surface area contributed by atoms with Crippen molar-refractivity contribution in [2.45, 2.75) is 12.3 Å². The van der Waals surface area contributed by atoms with E-state index in [1.54, 1.807) is 6.08 Å². The number of carbonyl (C=O) groups excluding carboxylic acids is 1. The number of hydrogen-bond donors (Lipinski definition) is 0. The Balaban J connectivity index is 2.45. The second-order valence-electron chi connectivity index (χ2n) is 4.06. The number of methoxy groups -OCH3 is 1. The molecule has 0 bridgehead atoms. The van der Waals surface area contributed by atoms with Crippen LogP contribution in [0.3, 0.4) is 0 Å². The standard InChI is InChI=1S/C13H15NO3/c1-4-13(2)10-7-5-6-8-11(10)14(12(13)15)17-9-16-3/h4-8H,1,9H2,2-3H3/t13-/m1/s1. The number of amides is 1. The summed E-state index contributed by atoms with van der Waals surface area (Å²) < 4.78 is 4.83. The molecular formula is C13H15NO3. The summed E-state index contributed by atoms with van der Waals surface area (Å²) in [6.45, 7) is 5.61. The van der Waals surface area contributed by atoms with Gasteiger partial charge in [0.25, 0.3) is 5.91 Å². The Bertz CT molecular complexity index is 458. The maximum Gasteiger partial charge on any atom is 0.265 e. The number of fused-ring (bicyclic) bond motifs is 1. The van der Waals surface area contributed by atoms with E-state index in [1.165, 1.54) is 12.2 Å². The zero-order valence-corrected chi connectivity index (χ0v) is 9.97. The van der Waals surface area contributed by atoms with Crippen molar-refractivity contribution in [3.05, 3.63) is 42.5 Å². The number of hydrogen-bond acceptors (Lipinski definition) is 3. The molecule has 4 heteroatoms. The first-order valence-corrected chi connectivity index (χ1v) is 5.34. The Morgan fingerprint density at radius 2 is 2.18 bits per heavy atom. The lowest BCUT2D eigenvalue weighted by Crippen LogP contribution is -2.37. The summed E-state index contributed by atoms with van der Waals surface area (Å²) in [6.07, 6.45) is 1.64. The van der Waals surface area contributed by atoms with E-state index in [2.05, 4.69) is 6.58 Å². The highest BCUT2D eigenvalue weighted by atomic mass is 16.8. The second kappa shape index (κ2) is 4.31. The fraction of sp³-hybridized carbons (Fsp3) is 0.308. The number of nitrogens with zero attached hydrogens (tertiary/aromatic N) is 1. The van der Waals surface area contributed by atoms with Gasteiger partial charge in [-0.25, -0.2) is 4.84 Å². The Hall–Kier alpha value is -1.65. The van der Waals surface area contributed by atoms with Gasteiger partial charge in [-0.15, -0.1) is 6.58 Å². The molecule has 4 nitrogen and oxygen atoms in total. The molecule has 1 aromatic rings. The van der Waals surface area contributed by atoms with Crippen molar-refractivity contribution in [3.8, 4) is 0 Å². The van der Waals surface area contributed by atoms with Crippen molar-refractivity contribution in [2.24, 2.45) is 0 Å². The molecule has 1 aliphatic heterocycles. The van der Waals surface area contributed by atoms with Crippen LogP contribution in [0.1, 0.15) is 12.5 Å². The lowest BCUT2D eigenvalue weighted by molar-refractivity contribution is -0.133. The molecule has 0 unspecified atom stereocenters. The summed E-state index contributed by atoms with van der Waals surface area (Å²) in [7, 11) is 1.51. The Morgan fingerprint density at radius 1 is 1.47 bits per heavy atom. The first-order chi connectivity index (χ1) is 8.15. The van der Waals surface area contributed by atoms with E-state index in [0.29, 0.717) is 0 Å². The molecule has 0 fully saturated rings. The molecule has 1 amide bonds. The van der Waals surface area contributed by atoms with Crippen LogP contribution in [-0.2, 0) is 19.8 Å². The SMILES string of the molecule is C=C[C@@]1(C)C(=O)N(OCOC)c2ccccc21. The first-order valence-electron chi connectivity index (χ1n) is 5.34. The Kier molecular flexibility index (Phi) is 3.00. The molecule has 0 radical (unpaired) electrons. The minimum atomic E-state index is -0.732. The van der Waals surface area contributed by atoms with Gasteiger partial charge < -0.3 is 4.74 Å². The highest BCUT2D eigenvalue weighted by Crippen LogP contribution is 2.42. The number of ether oxygens (including phenoxy) is 1. The summed E-state index contributed by atoms with van der Waals surface area (Å²) in [5, 5.41) is 1.28. The van der Waals surface area contributed by atoms with E-state index >= 15 is 0 Å². The van der Waals surface area contributed by atoms with Crippen molar-refractivity contribution in [3.63, 3.8) is 0 Å².